The van der Waals surface area contributed by atoms with Gasteiger partial charge in [-0.1, -0.05) is 11.6 Å². The molecule has 0 atom stereocenters. The molecule has 0 fully saturated rings. The van der Waals surface area contributed by atoms with Crippen molar-refractivity contribution in [2.75, 3.05) is 18.4 Å². The van der Waals surface area contributed by atoms with E-state index >= 15 is 0 Å². The van der Waals surface area contributed by atoms with E-state index in [9.17, 15) is 8.42 Å². The fourth-order valence-corrected chi connectivity index (χ4v) is 5.24. The van der Waals surface area contributed by atoms with E-state index in [0.29, 0.717) is 22.3 Å². The van der Waals surface area contributed by atoms with Gasteiger partial charge in [0, 0.05) is 33.3 Å². The Bertz CT molecular complexity index is 1020. The van der Waals surface area contributed by atoms with Crippen molar-refractivity contribution in [3.63, 3.8) is 0 Å². The van der Waals surface area contributed by atoms with Gasteiger partial charge in [0.15, 0.2) is 0 Å². The van der Waals surface area contributed by atoms with Crippen molar-refractivity contribution in [2.24, 2.45) is 0 Å². The second-order valence-corrected chi connectivity index (χ2v) is 9.12. The number of sulfonamides is 1. The normalized spacial score (nSPS) is 11.8. The van der Waals surface area contributed by atoms with Gasteiger partial charge in [0.05, 0.1) is 10.4 Å². The van der Waals surface area contributed by atoms with Crippen molar-refractivity contribution in [3.05, 3.63) is 45.4 Å². The van der Waals surface area contributed by atoms with Gasteiger partial charge < -0.3 is 5.32 Å². The Labute approximate surface area is 155 Å². The van der Waals surface area contributed by atoms with Crippen molar-refractivity contribution >= 4 is 49.7 Å². The number of rotatable bonds is 6. The van der Waals surface area contributed by atoms with Gasteiger partial charge >= 0.3 is 0 Å². The van der Waals surface area contributed by atoms with Crippen LogP contribution in [0.1, 0.15) is 9.75 Å². The first-order valence-corrected chi connectivity index (χ1v) is 10.3. The van der Waals surface area contributed by atoms with Crippen LogP contribution in [0.15, 0.2) is 35.5 Å². The van der Waals surface area contributed by atoms with Crippen LogP contribution in [-0.4, -0.2) is 31.5 Å². The van der Waals surface area contributed by atoms with E-state index in [1.165, 1.54) is 17.7 Å². The quantitative estimate of drug-likeness (QED) is 0.624. The third kappa shape index (κ3) is 4.09. The van der Waals surface area contributed by atoms with Gasteiger partial charge in [-0.05, 0) is 38.1 Å². The maximum absolute atomic E-state index is 12.4. The molecular weight excluding hydrogens is 380 g/mol. The predicted octanol–water partition coefficient (Wildman–Crippen LogP) is 3.35. The Hall–Kier alpha value is -1.74. The molecule has 25 heavy (non-hydrogen) atoms. The summed E-state index contributed by atoms with van der Waals surface area (Å²) in [6.45, 7) is 4.35. The molecule has 0 radical (unpaired) electrons. The van der Waals surface area contributed by atoms with Crippen molar-refractivity contribution < 1.29 is 8.42 Å². The number of hydrogen-bond acceptors (Lipinski definition) is 6. The molecule has 0 aliphatic rings. The molecule has 0 saturated carbocycles. The summed E-state index contributed by atoms with van der Waals surface area (Å²) in [6.07, 6.45) is 1.45. The number of aryl methyl sites for hydroxylation is 2. The molecule has 0 spiro atoms. The number of hydrogen-bond donors (Lipinski definition) is 2. The number of halogens is 1. The lowest BCUT2D eigenvalue weighted by Crippen LogP contribution is -2.29. The number of thiophene rings is 1. The molecule has 2 aromatic heterocycles. The Morgan fingerprint density at radius 3 is 2.68 bits per heavy atom. The molecule has 0 amide bonds. The fraction of sp³-hybridized carbons (Fsp3) is 0.250. The molecule has 0 aliphatic heterocycles. The summed E-state index contributed by atoms with van der Waals surface area (Å²) < 4.78 is 27.3. The van der Waals surface area contributed by atoms with Crippen molar-refractivity contribution in [1.29, 1.82) is 0 Å². The Morgan fingerprint density at radius 2 is 1.96 bits per heavy atom. The number of fused-ring (bicyclic) bond motifs is 1. The summed E-state index contributed by atoms with van der Waals surface area (Å²) in [6, 6.07) is 7.05. The molecule has 2 heterocycles. The van der Waals surface area contributed by atoms with Gasteiger partial charge in [0.2, 0.25) is 10.0 Å². The van der Waals surface area contributed by atoms with Gasteiger partial charge in [-0.15, -0.1) is 11.3 Å². The molecule has 2 N–H and O–H groups in total. The highest BCUT2D eigenvalue weighted by atomic mass is 35.5. The number of nitrogens with one attached hydrogen (secondary N) is 2. The molecular formula is C16H17ClN4O2S2. The van der Waals surface area contributed by atoms with Gasteiger partial charge in [0.25, 0.3) is 0 Å². The van der Waals surface area contributed by atoms with Crippen molar-refractivity contribution in [2.45, 2.75) is 18.7 Å². The van der Waals surface area contributed by atoms with Crippen LogP contribution in [0, 0.1) is 13.8 Å². The largest absolute Gasteiger partial charge is 0.368 e. The van der Waals surface area contributed by atoms with E-state index in [-0.39, 0.29) is 6.54 Å². The second kappa shape index (κ2) is 7.25. The highest BCUT2D eigenvalue weighted by Crippen LogP contribution is 2.25. The highest BCUT2D eigenvalue weighted by Gasteiger charge is 2.18. The second-order valence-electron chi connectivity index (χ2n) is 5.49. The Balaban J connectivity index is 1.65. The predicted molar refractivity (Wildman–Crippen MR) is 102 cm³/mol. The third-order valence-corrected chi connectivity index (χ3v) is 6.51. The number of nitrogens with zero attached hydrogens (tertiary/aromatic N) is 2. The summed E-state index contributed by atoms with van der Waals surface area (Å²) in [5.41, 5.74) is 0.731. The van der Waals surface area contributed by atoms with E-state index < -0.39 is 10.0 Å². The first kappa shape index (κ1) is 18.1. The third-order valence-electron chi connectivity index (χ3n) is 3.59. The summed E-state index contributed by atoms with van der Waals surface area (Å²) >= 11 is 7.44. The molecule has 0 aliphatic carbocycles. The monoisotopic (exact) mass is 396 g/mol. The van der Waals surface area contributed by atoms with Crippen LogP contribution in [-0.2, 0) is 10.0 Å². The van der Waals surface area contributed by atoms with E-state index in [0.717, 1.165) is 20.7 Å². The van der Waals surface area contributed by atoms with Gasteiger partial charge in [0.1, 0.15) is 12.1 Å². The van der Waals surface area contributed by atoms with Crippen LogP contribution in [0.5, 0.6) is 0 Å². The van der Waals surface area contributed by atoms with E-state index in [1.807, 2.05) is 19.9 Å². The average Bonchev–Trinajstić information content (AvgIpc) is 2.90. The SMILES string of the molecule is Cc1cc(S(=O)(=O)NCCNc2ncnc3cc(Cl)ccc23)c(C)s1. The fourth-order valence-electron chi connectivity index (χ4n) is 2.49. The Morgan fingerprint density at radius 1 is 1.16 bits per heavy atom. The van der Waals surface area contributed by atoms with Crippen LogP contribution >= 0.6 is 22.9 Å². The minimum atomic E-state index is -3.50. The molecule has 3 rings (SSSR count). The minimum absolute atomic E-state index is 0.246. The zero-order valence-corrected chi connectivity index (χ0v) is 16.1. The first-order valence-electron chi connectivity index (χ1n) is 7.57. The van der Waals surface area contributed by atoms with Crippen molar-refractivity contribution in [1.82, 2.24) is 14.7 Å². The maximum atomic E-state index is 12.4. The summed E-state index contributed by atoms with van der Waals surface area (Å²) in [7, 11) is -3.50. The summed E-state index contributed by atoms with van der Waals surface area (Å²) in [5.74, 6) is 0.642. The van der Waals surface area contributed by atoms with Crippen LogP contribution in [0.25, 0.3) is 10.9 Å². The van der Waals surface area contributed by atoms with Gasteiger partial charge in [-0.25, -0.2) is 23.1 Å². The van der Waals surface area contributed by atoms with Crippen LogP contribution < -0.4 is 10.0 Å². The Kier molecular flexibility index (Phi) is 5.24. The van der Waals surface area contributed by atoms with Gasteiger partial charge in [-0.3, -0.25) is 0 Å². The zero-order chi connectivity index (χ0) is 18.0. The number of anilines is 1. The molecule has 9 heteroatoms. The molecule has 3 aromatic rings. The smallest absolute Gasteiger partial charge is 0.241 e. The van der Waals surface area contributed by atoms with E-state index in [2.05, 4.69) is 20.0 Å². The molecule has 1 aromatic carbocycles. The lowest BCUT2D eigenvalue weighted by Gasteiger charge is -2.10. The average molecular weight is 397 g/mol. The number of benzene rings is 1. The zero-order valence-electron chi connectivity index (χ0n) is 13.7. The minimum Gasteiger partial charge on any atom is -0.368 e. The molecule has 0 saturated heterocycles. The topological polar surface area (TPSA) is 84.0 Å². The highest BCUT2D eigenvalue weighted by molar-refractivity contribution is 7.89. The standard InChI is InChI=1S/C16H17ClN4O2S2/c1-10-7-15(11(2)24-10)25(22,23)21-6-5-18-16-13-4-3-12(17)8-14(13)19-9-20-16/h3-4,7-9,21H,5-6H2,1-2H3,(H,18,19,20). The summed E-state index contributed by atoms with van der Waals surface area (Å²) in [4.78, 5) is 10.5. The first-order chi connectivity index (χ1) is 11.9. The van der Waals surface area contributed by atoms with Crippen LogP contribution in [0.4, 0.5) is 5.82 Å². The van der Waals surface area contributed by atoms with E-state index in [4.69, 9.17) is 11.6 Å². The lowest BCUT2D eigenvalue weighted by molar-refractivity contribution is 0.582. The summed E-state index contributed by atoms with van der Waals surface area (Å²) in [5, 5.41) is 4.57. The molecule has 132 valence electrons. The van der Waals surface area contributed by atoms with Crippen LogP contribution in [0.2, 0.25) is 5.02 Å². The van der Waals surface area contributed by atoms with Crippen molar-refractivity contribution in [3.8, 4) is 0 Å². The molecule has 6 nitrogen and oxygen atoms in total. The molecule has 0 unspecified atom stereocenters. The van der Waals surface area contributed by atoms with Gasteiger partial charge in [-0.2, -0.15) is 0 Å². The number of aromatic nitrogens is 2. The van der Waals surface area contributed by atoms with E-state index in [1.54, 1.807) is 18.2 Å². The maximum Gasteiger partial charge on any atom is 0.241 e. The molecule has 0 bridgehead atoms. The van der Waals surface area contributed by atoms with Crippen LogP contribution in [0.3, 0.4) is 0 Å². The lowest BCUT2D eigenvalue weighted by atomic mass is 10.2.